The minimum absolute atomic E-state index is 0.206. The molecule has 0 spiro atoms. The van der Waals surface area contributed by atoms with Crippen LogP contribution >= 0.6 is 27.7 Å². The molecular weight excluding hydrogens is 561 g/mol. The number of halogens is 2. The maximum absolute atomic E-state index is 13.1. The lowest BCUT2D eigenvalue weighted by Gasteiger charge is -2.14. The molecule has 1 fully saturated rings. The van der Waals surface area contributed by atoms with Crippen molar-refractivity contribution in [3.05, 3.63) is 87.0 Å². The molecule has 3 aromatic rings. The molecular formula is C27H23BrFN3O4S. The van der Waals surface area contributed by atoms with Gasteiger partial charge in [-0.25, -0.2) is 9.38 Å². The molecule has 0 saturated carbocycles. The predicted molar refractivity (Wildman–Crippen MR) is 148 cm³/mol. The standard InChI is InChI=1S/C27H23BrFN3O4S/c1-3-35-22-12-17(13-24-26(34)32-27(37-24)31-20-10-6-18(29)7-11-20)21(28)14-23(22)36-15-25(33)30-19-8-4-16(2)5-9-19/h4-14H,3,15H2,1-2H3,(H,30,33)(H,31,32,34)/b24-13+. The van der Waals surface area contributed by atoms with Gasteiger partial charge in [0.05, 0.1) is 17.2 Å². The highest BCUT2D eigenvalue weighted by Gasteiger charge is 2.24. The van der Waals surface area contributed by atoms with E-state index >= 15 is 0 Å². The van der Waals surface area contributed by atoms with Gasteiger partial charge >= 0.3 is 0 Å². The highest BCUT2D eigenvalue weighted by atomic mass is 79.9. The van der Waals surface area contributed by atoms with Crippen LogP contribution in [0.3, 0.4) is 0 Å². The Morgan fingerprint density at radius 3 is 2.51 bits per heavy atom. The molecule has 4 rings (SSSR count). The van der Waals surface area contributed by atoms with Gasteiger partial charge < -0.3 is 20.1 Å². The third-order valence-electron chi connectivity index (χ3n) is 5.05. The lowest BCUT2D eigenvalue weighted by atomic mass is 10.2. The van der Waals surface area contributed by atoms with E-state index in [1.807, 2.05) is 38.1 Å². The smallest absolute Gasteiger partial charge is 0.264 e. The topological polar surface area (TPSA) is 89.0 Å². The average molecular weight is 584 g/mol. The number of aryl methyl sites for hydroxylation is 1. The number of nitrogens with one attached hydrogen (secondary N) is 2. The lowest BCUT2D eigenvalue weighted by Crippen LogP contribution is -2.20. The summed E-state index contributed by atoms with van der Waals surface area (Å²) in [5.74, 6) is -0.146. The maximum atomic E-state index is 13.1. The molecule has 0 bridgehead atoms. The summed E-state index contributed by atoms with van der Waals surface area (Å²) in [4.78, 5) is 29.6. The summed E-state index contributed by atoms with van der Waals surface area (Å²) in [5, 5.41) is 5.89. The van der Waals surface area contributed by atoms with Gasteiger partial charge in [-0.05, 0) is 85.8 Å². The quantitative estimate of drug-likeness (QED) is 0.308. The SMILES string of the molecule is CCOc1cc(/C=C2/SC(=Nc3ccc(F)cc3)NC2=O)c(Br)cc1OCC(=O)Nc1ccc(C)cc1. The molecule has 10 heteroatoms. The second-order valence-corrected chi connectivity index (χ2v) is 9.80. The zero-order chi connectivity index (χ0) is 26.4. The van der Waals surface area contributed by atoms with Gasteiger partial charge in [-0.15, -0.1) is 0 Å². The summed E-state index contributed by atoms with van der Waals surface area (Å²) >= 11 is 4.69. The zero-order valence-electron chi connectivity index (χ0n) is 20.0. The molecule has 1 heterocycles. The third kappa shape index (κ3) is 7.21. The minimum atomic E-state index is -0.359. The Balaban J connectivity index is 1.48. The summed E-state index contributed by atoms with van der Waals surface area (Å²) in [6.07, 6.45) is 1.70. The number of aliphatic imine (C=N–C) groups is 1. The van der Waals surface area contributed by atoms with Crippen molar-refractivity contribution in [3.63, 3.8) is 0 Å². The van der Waals surface area contributed by atoms with Gasteiger partial charge in [-0.1, -0.05) is 33.6 Å². The van der Waals surface area contributed by atoms with Crippen molar-refractivity contribution in [3.8, 4) is 11.5 Å². The van der Waals surface area contributed by atoms with Crippen LogP contribution in [0.5, 0.6) is 11.5 Å². The van der Waals surface area contributed by atoms with Crippen LogP contribution in [-0.2, 0) is 9.59 Å². The van der Waals surface area contributed by atoms with Crippen LogP contribution in [0.25, 0.3) is 6.08 Å². The Kier molecular flexibility index (Phi) is 8.62. The number of amides is 2. The summed E-state index contributed by atoms with van der Waals surface area (Å²) in [6, 6.07) is 16.6. The first-order chi connectivity index (χ1) is 17.8. The molecule has 2 N–H and O–H groups in total. The number of rotatable bonds is 8. The van der Waals surface area contributed by atoms with Gasteiger partial charge in [0.1, 0.15) is 5.82 Å². The first-order valence-electron chi connectivity index (χ1n) is 11.3. The molecule has 7 nitrogen and oxygen atoms in total. The minimum Gasteiger partial charge on any atom is -0.490 e. The van der Waals surface area contributed by atoms with Gasteiger partial charge in [-0.3, -0.25) is 9.59 Å². The van der Waals surface area contributed by atoms with E-state index in [2.05, 4.69) is 31.6 Å². The van der Waals surface area contributed by atoms with E-state index in [9.17, 15) is 14.0 Å². The molecule has 37 heavy (non-hydrogen) atoms. The number of hydrogen-bond acceptors (Lipinski definition) is 6. The number of amidine groups is 1. The van der Waals surface area contributed by atoms with Gasteiger partial charge in [-0.2, -0.15) is 0 Å². The van der Waals surface area contributed by atoms with Gasteiger partial charge in [0.15, 0.2) is 23.3 Å². The van der Waals surface area contributed by atoms with Crippen molar-refractivity contribution >= 4 is 62.1 Å². The highest BCUT2D eigenvalue weighted by Crippen LogP contribution is 2.37. The Bertz CT molecular complexity index is 1380. The molecule has 0 aromatic heterocycles. The van der Waals surface area contributed by atoms with E-state index in [0.29, 0.717) is 49.6 Å². The van der Waals surface area contributed by atoms with Crippen LogP contribution in [0.4, 0.5) is 15.8 Å². The Labute approximate surface area is 226 Å². The molecule has 1 aliphatic rings. The van der Waals surface area contributed by atoms with Crippen LogP contribution in [0.15, 0.2) is 75.0 Å². The number of carbonyl (C=O) groups excluding carboxylic acids is 2. The van der Waals surface area contributed by atoms with Crippen LogP contribution in [0, 0.1) is 12.7 Å². The van der Waals surface area contributed by atoms with Crippen molar-refractivity contribution in [1.82, 2.24) is 5.32 Å². The lowest BCUT2D eigenvalue weighted by molar-refractivity contribution is -0.118. The molecule has 0 unspecified atom stereocenters. The van der Waals surface area contributed by atoms with E-state index in [-0.39, 0.29) is 24.2 Å². The van der Waals surface area contributed by atoms with E-state index in [0.717, 1.165) is 5.56 Å². The van der Waals surface area contributed by atoms with E-state index in [1.165, 1.54) is 36.0 Å². The number of benzene rings is 3. The third-order valence-corrected chi connectivity index (χ3v) is 6.65. The Morgan fingerprint density at radius 2 is 1.81 bits per heavy atom. The predicted octanol–water partition coefficient (Wildman–Crippen LogP) is 6.20. The monoisotopic (exact) mass is 583 g/mol. The summed E-state index contributed by atoms with van der Waals surface area (Å²) in [7, 11) is 0. The normalized spacial score (nSPS) is 15.1. The fraction of sp³-hybridized carbons (Fsp3) is 0.148. The van der Waals surface area contributed by atoms with Crippen molar-refractivity contribution in [2.75, 3.05) is 18.5 Å². The van der Waals surface area contributed by atoms with Gasteiger partial charge in [0.2, 0.25) is 0 Å². The second-order valence-electron chi connectivity index (χ2n) is 7.91. The van der Waals surface area contributed by atoms with Crippen LogP contribution in [-0.4, -0.2) is 30.2 Å². The molecule has 0 atom stereocenters. The summed E-state index contributed by atoms with van der Waals surface area (Å²) in [6.45, 7) is 3.99. The fourth-order valence-electron chi connectivity index (χ4n) is 3.27. The van der Waals surface area contributed by atoms with Crippen molar-refractivity contribution in [2.24, 2.45) is 4.99 Å². The van der Waals surface area contributed by atoms with Crippen molar-refractivity contribution in [1.29, 1.82) is 0 Å². The largest absolute Gasteiger partial charge is 0.490 e. The van der Waals surface area contributed by atoms with Crippen LogP contribution < -0.4 is 20.1 Å². The molecule has 0 radical (unpaired) electrons. The number of anilines is 1. The number of carbonyl (C=O) groups is 2. The van der Waals surface area contributed by atoms with Crippen LogP contribution in [0.1, 0.15) is 18.1 Å². The van der Waals surface area contributed by atoms with Crippen molar-refractivity contribution < 1.29 is 23.5 Å². The fourth-order valence-corrected chi connectivity index (χ4v) is 4.54. The zero-order valence-corrected chi connectivity index (χ0v) is 22.4. The molecule has 2 amide bonds. The molecule has 1 aliphatic heterocycles. The Hall–Kier alpha value is -3.63. The first kappa shape index (κ1) is 26.4. The maximum Gasteiger partial charge on any atom is 0.264 e. The van der Waals surface area contributed by atoms with E-state index < -0.39 is 0 Å². The van der Waals surface area contributed by atoms with Crippen molar-refractivity contribution in [2.45, 2.75) is 13.8 Å². The molecule has 1 saturated heterocycles. The average Bonchev–Trinajstić information content (AvgIpc) is 3.21. The summed E-state index contributed by atoms with van der Waals surface area (Å²) in [5.41, 5.74) is 2.99. The first-order valence-corrected chi connectivity index (χ1v) is 12.9. The Morgan fingerprint density at radius 1 is 1.11 bits per heavy atom. The van der Waals surface area contributed by atoms with E-state index in [1.54, 1.807) is 18.2 Å². The number of ether oxygens (including phenoxy) is 2. The van der Waals surface area contributed by atoms with Gasteiger partial charge in [0, 0.05) is 10.2 Å². The van der Waals surface area contributed by atoms with E-state index in [4.69, 9.17) is 9.47 Å². The number of thioether (sulfide) groups is 1. The molecule has 3 aromatic carbocycles. The number of hydrogen-bond donors (Lipinski definition) is 2. The molecule has 190 valence electrons. The van der Waals surface area contributed by atoms with Crippen LogP contribution in [0.2, 0.25) is 0 Å². The second kappa shape index (κ2) is 12.1. The number of nitrogens with zero attached hydrogens (tertiary/aromatic N) is 1. The summed E-state index contributed by atoms with van der Waals surface area (Å²) < 4.78 is 25.3. The highest BCUT2D eigenvalue weighted by molar-refractivity contribution is 9.10. The molecule has 0 aliphatic carbocycles. The van der Waals surface area contributed by atoms with Gasteiger partial charge in [0.25, 0.3) is 11.8 Å².